The van der Waals surface area contributed by atoms with E-state index in [0.717, 1.165) is 10.6 Å². The Morgan fingerprint density at radius 2 is 2.00 bits per heavy atom. The number of rotatable bonds is 3. The summed E-state index contributed by atoms with van der Waals surface area (Å²) in [5.74, 6) is -0.753. The standard InChI is InChI=1S/C20H13F3N6O/c21-20(22,23)11-28-17-8-16(12-3-1-4-13(7-12)29-6-2-5-26-29)24-9-14(17)18-15(19(28)30)10-25-27-18/h1-10,18H,11H2. The molecule has 0 saturated heterocycles. The van der Waals surface area contributed by atoms with Gasteiger partial charge in [-0.2, -0.15) is 28.5 Å². The second kappa shape index (κ2) is 6.61. The summed E-state index contributed by atoms with van der Waals surface area (Å²) in [5, 5.41) is 11.9. The van der Waals surface area contributed by atoms with E-state index in [1.165, 1.54) is 18.5 Å². The molecule has 4 heterocycles. The van der Waals surface area contributed by atoms with Crippen LogP contribution in [0.3, 0.4) is 0 Å². The summed E-state index contributed by atoms with van der Waals surface area (Å²) >= 11 is 0. The number of anilines is 1. The highest BCUT2D eigenvalue weighted by atomic mass is 19.4. The van der Waals surface area contributed by atoms with Gasteiger partial charge in [-0.3, -0.25) is 14.7 Å². The zero-order valence-corrected chi connectivity index (χ0v) is 15.3. The van der Waals surface area contributed by atoms with Gasteiger partial charge in [0.05, 0.1) is 28.8 Å². The van der Waals surface area contributed by atoms with E-state index in [9.17, 15) is 18.0 Å². The first-order chi connectivity index (χ1) is 14.4. The fraction of sp³-hybridized carbons (Fsp3) is 0.150. The molecule has 150 valence electrons. The Morgan fingerprint density at radius 1 is 1.13 bits per heavy atom. The van der Waals surface area contributed by atoms with Crippen molar-refractivity contribution in [1.29, 1.82) is 0 Å². The molecule has 1 amide bonds. The topological polar surface area (TPSA) is 75.7 Å². The number of aromatic nitrogens is 3. The third kappa shape index (κ3) is 3.06. The Morgan fingerprint density at radius 3 is 2.77 bits per heavy atom. The summed E-state index contributed by atoms with van der Waals surface area (Å²) in [5.41, 5.74) is 2.55. The number of carbonyl (C=O) groups excluding carboxylic acids is 1. The molecule has 0 N–H and O–H groups in total. The van der Waals surface area contributed by atoms with Crippen LogP contribution in [0.5, 0.6) is 0 Å². The Bertz CT molecular complexity index is 1200. The summed E-state index contributed by atoms with van der Waals surface area (Å²) in [6.07, 6.45) is 1.54. The van der Waals surface area contributed by atoms with E-state index >= 15 is 0 Å². The molecule has 0 bridgehead atoms. The molecule has 2 aliphatic heterocycles. The maximum Gasteiger partial charge on any atom is 0.406 e. The maximum atomic E-state index is 13.2. The molecular formula is C20H13F3N6O. The first kappa shape index (κ1) is 18.2. The summed E-state index contributed by atoms with van der Waals surface area (Å²) in [4.78, 5) is 17.9. The highest BCUT2D eigenvalue weighted by Crippen LogP contribution is 2.44. The quantitative estimate of drug-likeness (QED) is 0.648. The van der Waals surface area contributed by atoms with Gasteiger partial charge in [-0.05, 0) is 24.3 Å². The minimum absolute atomic E-state index is 0.113. The van der Waals surface area contributed by atoms with Gasteiger partial charge >= 0.3 is 6.18 Å². The molecule has 1 atom stereocenters. The van der Waals surface area contributed by atoms with Crippen LogP contribution in [0.4, 0.5) is 18.9 Å². The largest absolute Gasteiger partial charge is 0.406 e. The van der Waals surface area contributed by atoms with E-state index in [1.54, 1.807) is 35.3 Å². The van der Waals surface area contributed by atoms with E-state index < -0.39 is 24.7 Å². The number of azo groups is 1. The SMILES string of the molecule is O=C1C2=CN=NC2c2cnc(-c3cccc(-n4cccn4)c3)cc2N1CC(F)(F)F. The number of amides is 1. The smallest absolute Gasteiger partial charge is 0.299 e. The number of nitrogens with zero attached hydrogens (tertiary/aromatic N) is 6. The van der Waals surface area contributed by atoms with E-state index in [1.807, 2.05) is 12.1 Å². The number of hydrogen-bond acceptors (Lipinski definition) is 5. The second-order valence-electron chi connectivity index (χ2n) is 6.85. The molecule has 0 fully saturated rings. The predicted octanol–water partition coefficient (Wildman–Crippen LogP) is 4.23. The van der Waals surface area contributed by atoms with Crippen LogP contribution < -0.4 is 4.90 Å². The zero-order chi connectivity index (χ0) is 20.9. The van der Waals surface area contributed by atoms with Gasteiger partial charge in [-0.15, -0.1) is 0 Å². The molecule has 30 heavy (non-hydrogen) atoms. The fourth-order valence-electron chi connectivity index (χ4n) is 3.59. The summed E-state index contributed by atoms with van der Waals surface area (Å²) < 4.78 is 41.3. The highest BCUT2D eigenvalue weighted by Gasteiger charge is 2.43. The lowest BCUT2D eigenvalue weighted by molar-refractivity contribution is -0.130. The molecule has 2 aliphatic rings. The summed E-state index contributed by atoms with van der Waals surface area (Å²) in [7, 11) is 0. The number of halogens is 3. The van der Waals surface area contributed by atoms with Crippen LogP contribution >= 0.6 is 0 Å². The molecule has 3 aromatic rings. The molecule has 0 saturated carbocycles. The molecule has 1 aromatic carbocycles. The van der Waals surface area contributed by atoms with Crippen molar-refractivity contribution in [2.75, 3.05) is 11.4 Å². The minimum atomic E-state index is -4.56. The van der Waals surface area contributed by atoms with Gasteiger partial charge in [-0.25, -0.2) is 4.68 Å². The lowest BCUT2D eigenvalue weighted by atomic mass is 9.93. The van der Waals surface area contributed by atoms with Gasteiger partial charge in [0.15, 0.2) is 0 Å². The third-order valence-electron chi connectivity index (χ3n) is 4.91. The van der Waals surface area contributed by atoms with Gasteiger partial charge in [-0.1, -0.05) is 12.1 Å². The number of carbonyl (C=O) groups is 1. The van der Waals surface area contributed by atoms with Gasteiger partial charge in [0.2, 0.25) is 0 Å². The number of alkyl halides is 3. The molecule has 10 heteroatoms. The van der Waals surface area contributed by atoms with Crippen molar-refractivity contribution >= 4 is 11.6 Å². The van der Waals surface area contributed by atoms with E-state index in [-0.39, 0.29) is 11.3 Å². The zero-order valence-electron chi connectivity index (χ0n) is 15.3. The minimum Gasteiger partial charge on any atom is -0.299 e. The highest BCUT2D eigenvalue weighted by molar-refractivity contribution is 6.10. The molecule has 0 aliphatic carbocycles. The number of fused-ring (bicyclic) bond motifs is 3. The van der Waals surface area contributed by atoms with Crippen LogP contribution in [-0.4, -0.2) is 33.4 Å². The lowest BCUT2D eigenvalue weighted by Crippen LogP contribution is -2.43. The van der Waals surface area contributed by atoms with Crippen molar-refractivity contribution in [3.63, 3.8) is 0 Å². The molecule has 0 spiro atoms. The van der Waals surface area contributed by atoms with E-state index in [2.05, 4.69) is 20.3 Å². The first-order valence-electron chi connectivity index (χ1n) is 9.00. The van der Waals surface area contributed by atoms with Crippen molar-refractivity contribution in [3.05, 3.63) is 72.3 Å². The Labute approximate surface area is 168 Å². The van der Waals surface area contributed by atoms with Gasteiger partial charge < -0.3 is 0 Å². The van der Waals surface area contributed by atoms with Crippen LogP contribution in [0.25, 0.3) is 16.9 Å². The number of hydrogen-bond donors (Lipinski definition) is 0. The van der Waals surface area contributed by atoms with Crippen molar-refractivity contribution in [2.24, 2.45) is 10.2 Å². The van der Waals surface area contributed by atoms with Crippen molar-refractivity contribution in [3.8, 4) is 16.9 Å². The van der Waals surface area contributed by atoms with Gasteiger partial charge in [0.25, 0.3) is 5.91 Å². The molecule has 5 rings (SSSR count). The average Bonchev–Trinajstić information content (AvgIpc) is 3.42. The molecule has 2 aromatic heterocycles. The average molecular weight is 410 g/mol. The number of benzene rings is 1. The van der Waals surface area contributed by atoms with Gasteiger partial charge in [0, 0.05) is 29.7 Å². The van der Waals surface area contributed by atoms with Crippen LogP contribution in [0.2, 0.25) is 0 Å². The van der Waals surface area contributed by atoms with Crippen LogP contribution in [-0.2, 0) is 4.79 Å². The first-order valence-corrected chi connectivity index (χ1v) is 9.00. The third-order valence-corrected chi connectivity index (χ3v) is 4.91. The Kier molecular flexibility index (Phi) is 4.02. The van der Waals surface area contributed by atoms with Gasteiger partial charge in [0.1, 0.15) is 12.6 Å². The normalized spacial score (nSPS) is 17.7. The van der Waals surface area contributed by atoms with E-state index in [4.69, 9.17) is 0 Å². The molecular weight excluding hydrogens is 397 g/mol. The second-order valence-corrected chi connectivity index (χ2v) is 6.85. The Hall–Kier alpha value is -3.82. The predicted molar refractivity (Wildman–Crippen MR) is 101 cm³/mol. The number of pyridine rings is 1. The van der Waals surface area contributed by atoms with E-state index in [0.29, 0.717) is 16.8 Å². The molecule has 7 nitrogen and oxygen atoms in total. The Balaban J connectivity index is 1.61. The van der Waals surface area contributed by atoms with Crippen molar-refractivity contribution < 1.29 is 18.0 Å². The lowest BCUT2D eigenvalue weighted by Gasteiger charge is -2.32. The maximum absolute atomic E-state index is 13.2. The molecule has 1 unspecified atom stereocenters. The summed E-state index contributed by atoms with van der Waals surface area (Å²) in [6, 6.07) is 9.82. The summed E-state index contributed by atoms with van der Waals surface area (Å²) in [6.45, 7) is -1.40. The van der Waals surface area contributed by atoms with Crippen molar-refractivity contribution in [2.45, 2.75) is 12.2 Å². The van der Waals surface area contributed by atoms with Crippen LogP contribution in [0.15, 0.2) is 77.0 Å². The van der Waals surface area contributed by atoms with Crippen LogP contribution in [0, 0.1) is 0 Å². The molecule has 0 radical (unpaired) electrons. The fourth-order valence-corrected chi connectivity index (χ4v) is 3.59. The van der Waals surface area contributed by atoms with Crippen molar-refractivity contribution in [1.82, 2.24) is 14.8 Å². The van der Waals surface area contributed by atoms with Crippen LogP contribution in [0.1, 0.15) is 11.6 Å². The monoisotopic (exact) mass is 410 g/mol.